The van der Waals surface area contributed by atoms with E-state index in [1.165, 1.54) is 11.8 Å². The third kappa shape index (κ3) is 4.23. The number of carbonyl (C=O) groups excluding carboxylic acids is 1. The molecule has 8 heteroatoms. The van der Waals surface area contributed by atoms with Crippen molar-refractivity contribution in [3.8, 4) is 11.5 Å². The number of nitrogens with zero attached hydrogens (tertiary/aromatic N) is 2. The SMILES string of the molecule is O=C(CSc1nnc(-c2ccccc2Br)o1)NCc1ccco1. The van der Waals surface area contributed by atoms with Crippen LogP contribution in [0.1, 0.15) is 5.76 Å². The van der Waals surface area contributed by atoms with E-state index in [9.17, 15) is 4.79 Å². The third-order valence-corrected chi connectivity index (χ3v) is 4.39. The van der Waals surface area contributed by atoms with Crippen molar-refractivity contribution < 1.29 is 13.6 Å². The average Bonchev–Trinajstić information content (AvgIpc) is 3.23. The zero-order valence-electron chi connectivity index (χ0n) is 11.9. The van der Waals surface area contributed by atoms with Gasteiger partial charge in [-0.05, 0) is 40.2 Å². The van der Waals surface area contributed by atoms with Gasteiger partial charge >= 0.3 is 0 Å². The van der Waals surface area contributed by atoms with Crippen molar-refractivity contribution in [1.82, 2.24) is 15.5 Å². The number of aromatic nitrogens is 2. The van der Waals surface area contributed by atoms with E-state index in [1.807, 2.05) is 24.3 Å². The standard InChI is InChI=1S/C15H12BrN3O3S/c16-12-6-2-1-5-11(12)14-18-19-15(22-14)23-9-13(20)17-8-10-4-3-7-21-10/h1-7H,8-9H2,(H,17,20). The lowest BCUT2D eigenvalue weighted by molar-refractivity contribution is -0.118. The number of hydrogen-bond donors (Lipinski definition) is 1. The van der Waals surface area contributed by atoms with Gasteiger partial charge < -0.3 is 14.2 Å². The number of amides is 1. The molecule has 0 fully saturated rings. The molecule has 23 heavy (non-hydrogen) atoms. The van der Waals surface area contributed by atoms with Gasteiger partial charge in [0.05, 0.1) is 24.1 Å². The summed E-state index contributed by atoms with van der Waals surface area (Å²) in [6.45, 7) is 0.360. The maximum absolute atomic E-state index is 11.8. The second-order valence-corrected chi connectivity index (χ2v) is 6.28. The number of thioether (sulfide) groups is 1. The van der Waals surface area contributed by atoms with Crippen molar-refractivity contribution in [2.24, 2.45) is 0 Å². The molecule has 0 bridgehead atoms. The molecule has 3 rings (SSSR count). The van der Waals surface area contributed by atoms with E-state index in [0.717, 1.165) is 10.0 Å². The van der Waals surface area contributed by atoms with Crippen molar-refractivity contribution in [3.63, 3.8) is 0 Å². The summed E-state index contributed by atoms with van der Waals surface area (Å²) in [5, 5.41) is 11.0. The Morgan fingerprint density at radius 2 is 2.09 bits per heavy atom. The van der Waals surface area contributed by atoms with Crippen molar-refractivity contribution in [3.05, 3.63) is 52.9 Å². The van der Waals surface area contributed by atoms with Gasteiger partial charge in [-0.2, -0.15) is 0 Å². The van der Waals surface area contributed by atoms with Crippen molar-refractivity contribution in [2.75, 3.05) is 5.75 Å². The molecule has 0 spiro atoms. The molecule has 1 N–H and O–H groups in total. The molecule has 0 aliphatic heterocycles. The monoisotopic (exact) mass is 393 g/mol. The molecule has 0 aliphatic carbocycles. The fraction of sp³-hybridized carbons (Fsp3) is 0.133. The number of rotatable bonds is 6. The molecule has 0 unspecified atom stereocenters. The summed E-state index contributed by atoms with van der Waals surface area (Å²) in [5.41, 5.74) is 0.814. The number of hydrogen-bond acceptors (Lipinski definition) is 6. The molecule has 6 nitrogen and oxygen atoms in total. The van der Waals surface area contributed by atoms with Crippen LogP contribution in [0.25, 0.3) is 11.5 Å². The van der Waals surface area contributed by atoms with Crippen LogP contribution < -0.4 is 5.32 Å². The highest BCUT2D eigenvalue weighted by Gasteiger charge is 2.13. The van der Waals surface area contributed by atoms with E-state index < -0.39 is 0 Å². The van der Waals surface area contributed by atoms with E-state index in [4.69, 9.17) is 8.83 Å². The predicted molar refractivity (Wildman–Crippen MR) is 88.7 cm³/mol. The van der Waals surface area contributed by atoms with E-state index in [2.05, 4.69) is 31.4 Å². The van der Waals surface area contributed by atoms with Gasteiger partial charge in [0.1, 0.15) is 5.76 Å². The summed E-state index contributed by atoms with van der Waals surface area (Å²) in [6, 6.07) is 11.1. The number of furan rings is 1. The zero-order valence-corrected chi connectivity index (χ0v) is 14.3. The number of carbonyl (C=O) groups is 1. The lowest BCUT2D eigenvalue weighted by atomic mass is 10.2. The number of nitrogens with one attached hydrogen (secondary N) is 1. The average molecular weight is 394 g/mol. The van der Waals surface area contributed by atoms with Crippen LogP contribution in [0.3, 0.4) is 0 Å². The highest BCUT2D eigenvalue weighted by Crippen LogP contribution is 2.28. The normalized spacial score (nSPS) is 10.7. The first-order valence-corrected chi connectivity index (χ1v) is 8.50. The van der Waals surface area contributed by atoms with Crippen LogP contribution in [0.2, 0.25) is 0 Å². The van der Waals surface area contributed by atoms with Crippen molar-refractivity contribution in [1.29, 1.82) is 0 Å². The number of benzene rings is 1. The highest BCUT2D eigenvalue weighted by atomic mass is 79.9. The first-order valence-electron chi connectivity index (χ1n) is 6.72. The van der Waals surface area contributed by atoms with Crippen LogP contribution in [0, 0.1) is 0 Å². The van der Waals surface area contributed by atoms with E-state index in [1.54, 1.807) is 18.4 Å². The predicted octanol–water partition coefficient (Wildman–Crippen LogP) is 3.50. The van der Waals surface area contributed by atoms with Gasteiger partial charge in [-0.3, -0.25) is 4.79 Å². The summed E-state index contributed by atoms with van der Waals surface area (Å²) >= 11 is 4.63. The molecular weight excluding hydrogens is 382 g/mol. The van der Waals surface area contributed by atoms with Crippen LogP contribution in [0.5, 0.6) is 0 Å². The number of halogens is 1. The van der Waals surface area contributed by atoms with E-state index >= 15 is 0 Å². The molecule has 0 aliphatic rings. The van der Waals surface area contributed by atoms with Crippen LogP contribution in [-0.2, 0) is 11.3 Å². The van der Waals surface area contributed by atoms with Gasteiger partial charge in [-0.15, -0.1) is 10.2 Å². The summed E-state index contributed by atoms with van der Waals surface area (Å²) in [4.78, 5) is 11.8. The summed E-state index contributed by atoms with van der Waals surface area (Å²) < 4.78 is 11.6. The Hall–Kier alpha value is -2.06. The minimum Gasteiger partial charge on any atom is -0.467 e. The molecule has 118 valence electrons. The quantitative estimate of drug-likeness (QED) is 0.645. The lowest BCUT2D eigenvalue weighted by Gasteiger charge is -2.01. The lowest BCUT2D eigenvalue weighted by Crippen LogP contribution is -2.24. The zero-order chi connectivity index (χ0) is 16.1. The molecule has 0 saturated heterocycles. The van der Waals surface area contributed by atoms with Gasteiger partial charge in [-0.1, -0.05) is 23.9 Å². The largest absolute Gasteiger partial charge is 0.467 e. The minimum atomic E-state index is -0.132. The van der Waals surface area contributed by atoms with E-state index in [0.29, 0.717) is 23.4 Å². The fourth-order valence-electron chi connectivity index (χ4n) is 1.79. The Labute approximate surface area is 144 Å². The Morgan fingerprint density at radius 1 is 1.22 bits per heavy atom. The molecule has 0 saturated carbocycles. The summed E-state index contributed by atoms with van der Waals surface area (Å²) in [5.74, 6) is 1.18. The van der Waals surface area contributed by atoms with Crippen LogP contribution in [0.15, 0.2) is 61.2 Å². The molecule has 0 radical (unpaired) electrons. The molecule has 2 aromatic heterocycles. The van der Waals surface area contributed by atoms with Gasteiger partial charge in [-0.25, -0.2) is 0 Å². The second-order valence-electron chi connectivity index (χ2n) is 4.50. The Kier molecular flexibility index (Phi) is 5.14. The van der Waals surface area contributed by atoms with Gasteiger partial charge in [0.15, 0.2) is 0 Å². The van der Waals surface area contributed by atoms with Gasteiger partial charge in [0.2, 0.25) is 11.8 Å². The molecule has 0 atom stereocenters. The Balaban J connectivity index is 1.53. The second kappa shape index (κ2) is 7.47. The molecular formula is C15H12BrN3O3S. The Morgan fingerprint density at radius 3 is 2.87 bits per heavy atom. The van der Waals surface area contributed by atoms with Gasteiger partial charge in [0, 0.05) is 4.47 Å². The summed E-state index contributed by atoms with van der Waals surface area (Å²) in [6.07, 6.45) is 1.57. The van der Waals surface area contributed by atoms with Crippen LogP contribution in [0.4, 0.5) is 0 Å². The molecule has 1 amide bonds. The molecule has 2 heterocycles. The summed E-state index contributed by atoms with van der Waals surface area (Å²) in [7, 11) is 0. The van der Waals surface area contributed by atoms with Crippen LogP contribution in [-0.4, -0.2) is 21.9 Å². The first-order chi connectivity index (χ1) is 11.2. The highest BCUT2D eigenvalue weighted by molar-refractivity contribution is 9.10. The minimum absolute atomic E-state index is 0.132. The van der Waals surface area contributed by atoms with Crippen molar-refractivity contribution >= 4 is 33.6 Å². The smallest absolute Gasteiger partial charge is 0.277 e. The maximum atomic E-state index is 11.8. The fourth-order valence-corrected chi connectivity index (χ4v) is 2.84. The van der Waals surface area contributed by atoms with Gasteiger partial charge in [0.25, 0.3) is 5.22 Å². The topological polar surface area (TPSA) is 81.2 Å². The van der Waals surface area contributed by atoms with Crippen LogP contribution >= 0.6 is 27.7 Å². The molecule has 1 aromatic carbocycles. The van der Waals surface area contributed by atoms with Crippen molar-refractivity contribution in [2.45, 2.75) is 11.8 Å². The Bertz CT molecular complexity index is 789. The third-order valence-electron chi connectivity index (χ3n) is 2.88. The van der Waals surface area contributed by atoms with E-state index in [-0.39, 0.29) is 11.7 Å². The maximum Gasteiger partial charge on any atom is 0.277 e. The molecule has 3 aromatic rings. The first kappa shape index (κ1) is 15.8.